The molecule has 1 saturated heterocycles. The third-order valence-electron chi connectivity index (χ3n) is 4.77. The van der Waals surface area contributed by atoms with Crippen LogP contribution in [-0.4, -0.2) is 39.5 Å². The molecule has 3 aromatic rings. The average Bonchev–Trinajstić information content (AvgIpc) is 3.26. The van der Waals surface area contributed by atoms with E-state index in [9.17, 15) is 14.7 Å². The fourth-order valence-electron chi connectivity index (χ4n) is 3.26. The molecule has 1 N–H and O–H groups in total. The fraction of sp³-hybridized carbons (Fsp3) is 0.227. The minimum atomic E-state index is -1.03. The summed E-state index contributed by atoms with van der Waals surface area (Å²) in [5.41, 5.74) is 0.515. The van der Waals surface area contributed by atoms with Gasteiger partial charge in [0.05, 0.1) is 6.20 Å². The summed E-state index contributed by atoms with van der Waals surface area (Å²) in [5, 5.41) is 9.68. The Morgan fingerprint density at radius 3 is 2.30 bits per heavy atom. The molecule has 0 saturated carbocycles. The molecule has 2 heterocycles. The number of anilines is 1. The highest BCUT2D eigenvalue weighted by atomic mass is 32.2. The summed E-state index contributed by atoms with van der Waals surface area (Å²) in [6, 6.07) is 16.4. The first-order chi connectivity index (χ1) is 14.6. The lowest BCUT2D eigenvalue weighted by molar-refractivity contribution is 0.0701. The number of ether oxygens (including phenoxy) is 1. The Balaban J connectivity index is 1.58. The van der Waals surface area contributed by atoms with Gasteiger partial charge in [-0.25, -0.2) is 9.78 Å². The normalized spacial score (nSPS) is 14.3. The van der Waals surface area contributed by atoms with Gasteiger partial charge in [-0.15, -0.1) is 0 Å². The van der Waals surface area contributed by atoms with Gasteiger partial charge < -0.3 is 9.84 Å². The first-order valence-electron chi connectivity index (χ1n) is 9.55. The molecule has 0 aliphatic carbocycles. The van der Waals surface area contributed by atoms with Crippen molar-refractivity contribution in [1.29, 1.82) is 0 Å². The van der Waals surface area contributed by atoms with Crippen LogP contribution in [0.25, 0.3) is 0 Å². The predicted octanol–water partition coefficient (Wildman–Crippen LogP) is 5.18. The van der Waals surface area contributed by atoms with Crippen molar-refractivity contribution in [1.82, 2.24) is 4.98 Å². The van der Waals surface area contributed by atoms with Gasteiger partial charge in [0, 0.05) is 11.6 Å². The van der Waals surface area contributed by atoms with Crippen LogP contribution in [0, 0.1) is 0 Å². The Kier molecular flexibility index (Phi) is 6.35. The second-order valence-electron chi connectivity index (χ2n) is 6.77. The van der Waals surface area contributed by atoms with Crippen LogP contribution in [0.3, 0.4) is 0 Å². The van der Waals surface area contributed by atoms with Gasteiger partial charge in [-0.1, -0.05) is 29.5 Å². The number of hydrogen-bond acceptors (Lipinski definition) is 6. The number of amides is 1. The van der Waals surface area contributed by atoms with Crippen LogP contribution in [0.2, 0.25) is 0 Å². The first-order valence-corrected chi connectivity index (χ1v) is 11.5. The number of para-hydroxylation sites is 1. The molecule has 1 aliphatic rings. The summed E-state index contributed by atoms with van der Waals surface area (Å²) in [6.07, 6.45) is 3.03. The maximum absolute atomic E-state index is 13.4. The largest absolute Gasteiger partial charge is 0.477 e. The topological polar surface area (TPSA) is 79.7 Å². The number of carbonyl (C=O) groups excluding carboxylic acids is 1. The molecule has 1 amide bonds. The van der Waals surface area contributed by atoms with E-state index in [-0.39, 0.29) is 16.8 Å². The van der Waals surface area contributed by atoms with Crippen molar-refractivity contribution >= 4 is 40.1 Å². The molecule has 6 nitrogen and oxygen atoms in total. The summed E-state index contributed by atoms with van der Waals surface area (Å²) in [4.78, 5) is 30.7. The third kappa shape index (κ3) is 4.66. The first kappa shape index (κ1) is 20.4. The predicted molar refractivity (Wildman–Crippen MR) is 119 cm³/mol. The van der Waals surface area contributed by atoms with E-state index in [0.29, 0.717) is 16.4 Å². The van der Waals surface area contributed by atoms with Crippen molar-refractivity contribution in [2.45, 2.75) is 18.9 Å². The van der Waals surface area contributed by atoms with Crippen molar-refractivity contribution < 1.29 is 19.4 Å². The van der Waals surface area contributed by atoms with Crippen molar-refractivity contribution in [3.8, 4) is 11.5 Å². The Morgan fingerprint density at radius 1 is 1.00 bits per heavy atom. The van der Waals surface area contributed by atoms with Gasteiger partial charge in [0.1, 0.15) is 16.4 Å². The number of aromatic nitrogens is 1. The summed E-state index contributed by atoms with van der Waals surface area (Å²) >= 11 is 2.90. The Labute approximate surface area is 182 Å². The molecule has 1 aromatic heterocycles. The second kappa shape index (κ2) is 9.32. The van der Waals surface area contributed by atoms with E-state index in [1.807, 2.05) is 42.1 Å². The molecule has 0 bridgehead atoms. The van der Waals surface area contributed by atoms with Crippen LogP contribution in [0.4, 0.5) is 5.13 Å². The van der Waals surface area contributed by atoms with Crippen molar-refractivity contribution in [3.63, 3.8) is 0 Å². The SMILES string of the molecule is O=C(O)c1cnc(N(C(=O)c2ccc(Oc3ccccc3)cc2)C2CCSCC2)s1. The van der Waals surface area contributed by atoms with E-state index in [1.165, 1.54) is 6.20 Å². The quantitative estimate of drug-likeness (QED) is 0.569. The maximum Gasteiger partial charge on any atom is 0.347 e. The highest BCUT2D eigenvalue weighted by Gasteiger charge is 2.30. The lowest BCUT2D eigenvalue weighted by Gasteiger charge is -2.32. The van der Waals surface area contributed by atoms with Gasteiger partial charge in [0.2, 0.25) is 0 Å². The molecule has 2 aromatic carbocycles. The lowest BCUT2D eigenvalue weighted by Crippen LogP contribution is -2.42. The van der Waals surface area contributed by atoms with Crippen LogP contribution in [0.15, 0.2) is 60.8 Å². The summed E-state index contributed by atoms with van der Waals surface area (Å²) in [5.74, 6) is 2.09. The van der Waals surface area contributed by atoms with Crippen LogP contribution < -0.4 is 9.64 Å². The van der Waals surface area contributed by atoms with Crippen molar-refractivity contribution in [3.05, 3.63) is 71.2 Å². The highest BCUT2D eigenvalue weighted by Crippen LogP contribution is 2.32. The minimum absolute atomic E-state index is 0.00629. The number of nitrogens with zero attached hydrogens (tertiary/aromatic N) is 2. The summed E-state index contributed by atoms with van der Waals surface area (Å²) < 4.78 is 5.80. The van der Waals surface area contributed by atoms with E-state index in [0.717, 1.165) is 41.4 Å². The van der Waals surface area contributed by atoms with Gasteiger partial charge in [0.15, 0.2) is 5.13 Å². The zero-order valence-electron chi connectivity index (χ0n) is 16.1. The number of carbonyl (C=O) groups is 2. The smallest absolute Gasteiger partial charge is 0.347 e. The minimum Gasteiger partial charge on any atom is -0.477 e. The molecular formula is C22H20N2O4S2. The zero-order valence-corrected chi connectivity index (χ0v) is 17.7. The van der Waals surface area contributed by atoms with E-state index in [1.54, 1.807) is 29.2 Å². The molecule has 1 fully saturated rings. The van der Waals surface area contributed by atoms with E-state index < -0.39 is 5.97 Å². The molecule has 154 valence electrons. The van der Waals surface area contributed by atoms with E-state index >= 15 is 0 Å². The molecule has 1 aliphatic heterocycles. The monoisotopic (exact) mass is 440 g/mol. The lowest BCUT2D eigenvalue weighted by atomic mass is 10.1. The second-order valence-corrected chi connectivity index (χ2v) is 9.00. The van der Waals surface area contributed by atoms with Gasteiger partial charge in [-0.3, -0.25) is 9.69 Å². The van der Waals surface area contributed by atoms with Crippen molar-refractivity contribution in [2.24, 2.45) is 0 Å². The Bertz CT molecular complexity index is 1020. The number of carboxylic acid groups (broad SMARTS) is 1. The number of carboxylic acids is 1. The van der Waals surface area contributed by atoms with Gasteiger partial charge in [0.25, 0.3) is 5.91 Å². The number of benzene rings is 2. The third-order valence-corrected chi connectivity index (χ3v) is 6.80. The molecule has 0 unspecified atom stereocenters. The molecule has 8 heteroatoms. The molecular weight excluding hydrogens is 420 g/mol. The number of aromatic carboxylic acids is 1. The standard InChI is InChI=1S/C22H20N2O4S2/c25-20(15-6-8-18(9-7-15)28-17-4-2-1-3-5-17)24(16-10-12-29-13-11-16)22-23-14-19(30-22)21(26)27/h1-9,14,16H,10-13H2,(H,26,27). The molecule has 30 heavy (non-hydrogen) atoms. The van der Waals surface area contributed by atoms with Crippen LogP contribution in [0.1, 0.15) is 32.9 Å². The van der Waals surface area contributed by atoms with E-state index in [2.05, 4.69) is 4.98 Å². The Morgan fingerprint density at radius 2 is 1.67 bits per heavy atom. The van der Waals surface area contributed by atoms with E-state index in [4.69, 9.17) is 4.74 Å². The molecule has 0 radical (unpaired) electrons. The average molecular weight is 441 g/mol. The number of rotatable bonds is 6. The summed E-state index contributed by atoms with van der Waals surface area (Å²) in [7, 11) is 0. The van der Waals surface area contributed by atoms with Crippen LogP contribution >= 0.6 is 23.1 Å². The molecule has 0 atom stereocenters. The van der Waals surface area contributed by atoms with Crippen LogP contribution in [-0.2, 0) is 0 Å². The maximum atomic E-state index is 13.4. The van der Waals surface area contributed by atoms with Gasteiger partial charge >= 0.3 is 5.97 Å². The molecule has 0 spiro atoms. The van der Waals surface area contributed by atoms with Gasteiger partial charge in [-0.2, -0.15) is 11.8 Å². The number of thiazole rings is 1. The number of thioether (sulfide) groups is 1. The van der Waals surface area contributed by atoms with Gasteiger partial charge in [-0.05, 0) is 60.7 Å². The fourth-order valence-corrected chi connectivity index (χ4v) is 5.16. The van der Waals surface area contributed by atoms with Crippen LogP contribution in [0.5, 0.6) is 11.5 Å². The zero-order chi connectivity index (χ0) is 20.9. The molecule has 4 rings (SSSR count). The Hall–Kier alpha value is -2.84. The number of hydrogen-bond donors (Lipinski definition) is 1. The van der Waals surface area contributed by atoms with Crippen molar-refractivity contribution in [2.75, 3.05) is 16.4 Å². The summed E-state index contributed by atoms with van der Waals surface area (Å²) in [6.45, 7) is 0. The highest BCUT2D eigenvalue weighted by molar-refractivity contribution is 7.99.